The molecule has 21 heteroatoms. The van der Waals surface area contributed by atoms with Gasteiger partial charge in [0.05, 0.1) is 25.4 Å². The van der Waals surface area contributed by atoms with Crippen LogP contribution in [0.25, 0.3) is 0 Å². The maximum atomic E-state index is 14.0. The van der Waals surface area contributed by atoms with Gasteiger partial charge in [0.2, 0.25) is 11.2 Å². The lowest BCUT2D eigenvalue weighted by Crippen LogP contribution is -2.57. The zero-order valence-electron chi connectivity index (χ0n) is 24.7. The molecule has 1 aliphatic heterocycles. The molecule has 0 saturated carbocycles. The van der Waals surface area contributed by atoms with Crippen molar-refractivity contribution in [2.75, 3.05) is 35.9 Å². The molecule has 2 atom stereocenters. The Morgan fingerprint density at radius 2 is 1.78 bits per heavy atom. The molecule has 1 aromatic carbocycles. The van der Waals surface area contributed by atoms with Gasteiger partial charge in [-0.2, -0.15) is 26.3 Å². The van der Waals surface area contributed by atoms with E-state index in [-0.39, 0.29) is 37.2 Å². The van der Waals surface area contributed by atoms with Crippen molar-refractivity contribution in [2.45, 2.75) is 68.8 Å². The molecule has 1 unspecified atom stereocenters. The average Bonchev–Trinajstić information content (AvgIpc) is 3.37. The number of anilines is 2. The lowest BCUT2D eigenvalue weighted by molar-refractivity contribution is -0.245. The Morgan fingerprint density at radius 1 is 1.13 bits per heavy atom. The number of aliphatic hydroxyl groups is 2. The lowest BCUT2D eigenvalue weighted by atomic mass is 10.1. The molecule has 0 radical (unpaired) electrons. The molecule has 1 aliphatic rings. The molecule has 46 heavy (non-hydrogen) atoms. The second kappa shape index (κ2) is 13.0. The molecule has 258 valence electrons. The Hall–Kier alpha value is -3.98. The van der Waals surface area contributed by atoms with Crippen molar-refractivity contribution in [3.05, 3.63) is 24.4 Å². The van der Waals surface area contributed by atoms with E-state index in [9.17, 15) is 49.5 Å². The molecular formula is C25H31F6N5O9S. The second-order valence-electron chi connectivity index (χ2n) is 10.5. The van der Waals surface area contributed by atoms with Crippen LogP contribution in [-0.2, 0) is 26.1 Å². The van der Waals surface area contributed by atoms with E-state index in [2.05, 4.69) is 15.2 Å². The van der Waals surface area contributed by atoms with Crippen LogP contribution in [0.2, 0.25) is 0 Å². The van der Waals surface area contributed by atoms with Crippen LogP contribution in [0.3, 0.4) is 0 Å². The van der Waals surface area contributed by atoms with Crippen LogP contribution < -0.4 is 24.4 Å². The first kappa shape index (κ1) is 36.5. The first-order valence-corrected chi connectivity index (χ1v) is 14.8. The molecule has 0 saturated heterocycles. The van der Waals surface area contributed by atoms with E-state index >= 15 is 0 Å². The van der Waals surface area contributed by atoms with Crippen molar-refractivity contribution < 1.29 is 68.8 Å². The van der Waals surface area contributed by atoms with E-state index in [1.807, 2.05) is 5.32 Å². The number of rotatable bonds is 11. The molecule has 2 amide bonds. The number of aromatic nitrogens is 2. The molecule has 4 N–H and O–H groups in total. The largest absolute Gasteiger partial charge is 0.484 e. The summed E-state index contributed by atoms with van der Waals surface area (Å²) < 4.78 is 124. The number of halogens is 6. The average molecular weight is 692 g/mol. The fourth-order valence-electron chi connectivity index (χ4n) is 3.75. The Balaban J connectivity index is 2.02. The topological polar surface area (TPSA) is 182 Å². The van der Waals surface area contributed by atoms with Gasteiger partial charge in [0.25, 0.3) is 21.8 Å². The summed E-state index contributed by atoms with van der Waals surface area (Å²) in [5.41, 5.74) is -7.19. The van der Waals surface area contributed by atoms with Crippen LogP contribution in [0, 0.1) is 0 Å². The Kier molecular flexibility index (Phi) is 10.3. The highest BCUT2D eigenvalue weighted by Crippen LogP contribution is 2.41. The van der Waals surface area contributed by atoms with Crippen molar-refractivity contribution in [1.29, 1.82) is 0 Å². The van der Waals surface area contributed by atoms with E-state index < -0.39 is 82.2 Å². The van der Waals surface area contributed by atoms with Gasteiger partial charge in [-0.1, -0.05) is 0 Å². The molecule has 0 fully saturated rings. The minimum atomic E-state index is -5.34. The van der Waals surface area contributed by atoms with Gasteiger partial charge in [0.15, 0.2) is 4.90 Å². The number of sulfonamides is 1. The number of nitrogens with one attached hydrogen (secondary N) is 2. The van der Waals surface area contributed by atoms with E-state index in [4.69, 9.17) is 14.6 Å². The van der Waals surface area contributed by atoms with E-state index in [1.165, 1.54) is 4.68 Å². The Labute approximate surface area is 258 Å². The van der Waals surface area contributed by atoms with E-state index in [0.29, 0.717) is 18.2 Å². The van der Waals surface area contributed by atoms with Gasteiger partial charge in [-0.25, -0.2) is 13.2 Å². The van der Waals surface area contributed by atoms with Crippen LogP contribution in [0.1, 0.15) is 27.7 Å². The Morgan fingerprint density at radius 3 is 2.35 bits per heavy atom. The standard InChI is InChI=1S/C25H31F6N5O9S/c1-5-35-13-18(19(34-35)43-9-8-37)46(41,42)36-12-15(11-32-20(38)23(4,40)25(29,30)31)44-17-7-6-14(10-16(17)36)33-21(39)45-22(2,3)24(26,27)28/h6-7,10,13,15,37,40H,5,8-9,11-12H2,1-4H3,(H,32,38)(H,33,39)/t15-,23?/m0/s1. The van der Waals surface area contributed by atoms with Crippen LogP contribution in [0.15, 0.2) is 29.3 Å². The number of ether oxygens (including phenoxy) is 3. The number of hydrogen-bond acceptors (Lipinski definition) is 10. The number of carbonyl (C=O) groups is 2. The summed E-state index contributed by atoms with van der Waals surface area (Å²) in [5.74, 6) is -2.48. The maximum absolute atomic E-state index is 14.0. The number of carbonyl (C=O) groups excluding carboxylic acids is 2. The van der Waals surface area contributed by atoms with Crippen LogP contribution in [0.5, 0.6) is 11.6 Å². The molecule has 1 aromatic heterocycles. The van der Waals surface area contributed by atoms with Gasteiger partial charge in [0.1, 0.15) is 18.5 Å². The molecule has 0 bridgehead atoms. The minimum Gasteiger partial charge on any atom is -0.484 e. The smallest absolute Gasteiger partial charge is 0.427 e. The highest BCUT2D eigenvalue weighted by molar-refractivity contribution is 7.93. The number of hydrogen-bond donors (Lipinski definition) is 4. The van der Waals surface area contributed by atoms with Crippen molar-refractivity contribution in [1.82, 2.24) is 15.1 Å². The van der Waals surface area contributed by atoms with Crippen LogP contribution >= 0.6 is 0 Å². The third kappa shape index (κ3) is 7.69. The lowest BCUT2D eigenvalue weighted by Gasteiger charge is -2.36. The summed E-state index contributed by atoms with van der Waals surface area (Å²) in [6.45, 7) is 1.03. The second-order valence-corrected chi connectivity index (χ2v) is 12.3. The fourth-order valence-corrected chi connectivity index (χ4v) is 5.33. The van der Waals surface area contributed by atoms with Gasteiger partial charge in [-0.05, 0) is 45.9 Å². The maximum Gasteiger partial charge on any atom is 0.427 e. The van der Waals surface area contributed by atoms with Gasteiger partial charge >= 0.3 is 18.4 Å². The molecule has 2 aromatic rings. The predicted octanol–water partition coefficient (Wildman–Crippen LogP) is 2.55. The van der Waals surface area contributed by atoms with Crippen molar-refractivity contribution in [3.63, 3.8) is 0 Å². The minimum absolute atomic E-state index is 0.183. The van der Waals surface area contributed by atoms with Gasteiger partial charge in [-0.3, -0.25) is 19.1 Å². The number of benzene rings is 1. The number of fused-ring (bicyclic) bond motifs is 1. The highest BCUT2D eigenvalue weighted by Gasteiger charge is 2.56. The molecular weight excluding hydrogens is 660 g/mol. The van der Waals surface area contributed by atoms with Gasteiger partial charge < -0.3 is 29.7 Å². The van der Waals surface area contributed by atoms with Gasteiger partial charge in [0, 0.05) is 18.4 Å². The van der Waals surface area contributed by atoms with Crippen LogP contribution in [-0.4, -0.2) is 96.4 Å². The van der Waals surface area contributed by atoms with Crippen molar-refractivity contribution >= 4 is 33.4 Å². The number of nitrogens with zero attached hydrogens (tertiary/aromatic N) is 3. The van der Waals surface area contributed by atoms with Gasteiger partial charge in [-0.15, -0.1) is 5.10 Å². The monoisotopic (exact) mass is 691 g/mol. The normalized spacial score (nSPS) is 17.0. The first-order valence-electron chi connectivity index (χ1n) is 13.3. The summed E-state index contributed by atoms with van der Waals surface area (Å²) >= 11 is 0. The summed E-state index contributed by atoms with van der Waals surface area (Å²) in [7, 11) is -4.71. The fraction of sp³-hybridized carbons (Fsp3) is 0.560. The van der Waals surface area contributed by atoms with Crippen molar-refractivity contribution in [2.24, 2.45) is 0 Å². The quantitative estimate of drug-likeness (QED) is 0.256. The summed E-state index contributed by atoms with van der Waals surface area (Å²) in [6, 6.07) is 3.25. The predicted molar refractivity (Wildman–Crippen MR) is 146 cm³/mol. The zero-order valence-corrected chi connectivity index (χ0v) is 25.5. The number of aryl methyl sites for hydroxylation is 1. The number of aliphatic hydroxyl groups excluding tert-OH is 1. The molecule has 0 spiro atoms. The third-order valence-corrected chi connectivity index (χ3v) is 8.33. The Bertz CT molecular complexity index is 1540. The molecule has 2 heterocycles. The molecule has 14 nitrogen and oxygen atoms in total. The number of alkyl halides is 6. The summed E-state index contributed by atoms with van der Waals surface area (Å²) in [5, 5.41) is 26.8. The zero-order chi connectivity index (χ0) is 34.9. The summed E-state index contributed by atoms with van der Waals surface area (Å²) in [4.78, 5) is 23.9. The van der Waals surface area contributed by atoms with Crippen LogP contribution in [0.4, 0.5) is 42.5 Å². The highest BCUT2D eigenvalue weighted by atomic mass is 32.2. The first-order chi connectivity index (χ1) is 21.0. The molecule has 3 rings (SSSR count). The molecule has 0 aliphatic carbocycles. The van der Waals surface area contributed by atoms with E-state index in [1.54, 1.807) is 6.92 Å². The van der Waals surface area contributed by atoms with E-state index in [0.717, 1.165) is 24.4 Å². The van der Waals surface area contributed by atoms with Crippen molar-refractivity contribution in [3.8, 4) is 11.6 Å². The third-order valence-electron chi connectivity index (χ3n) is 6.57. The SMILES string of the molecule is CCn1cc(S(=O)(=O)N2C[C@H](CNC(=O)C(C)(O)C(F)(F)F)Oc3ccc(NC(=O)OC(C)(C)C(F)(F)F)cc32)c(OCCO)n1. The number of amides is 2. The summed E-state index contributed by atoms with van der Waals surface area (Å²) in [6.07, 6.45) is -12.0.